The lowest BCUT2D eigenvalue weighted by Gasteiger charge is -2.14. The van der Waals surface area contributed by atoms with E-state index < -0.39 is 0 Å². The highest BCUT2D eigenvalue weighted by Crippen LogP contribution is 2.22. The molecule has 3 heteroatoms. The molecule has 0 atom stereocenters. The molecule has 0 aromatic heterocycles. The second-order valence-electron chi connectivity index (χ2n) is 5.48. The van der Waals surface area contributed by atoms with Crippen LogP contribution in [-0.4, -0.2) is 0 Å². The van der Waals surface area contributed by atoms with E-state index in [0.717, 1.165) is 23.4 Å². The maximum Gasteiger partial charge on any atom is 0.0618 e. The molecule has 0 spiro atoms. The first kappa shape index (κ1) is 19.1. The maximum absolute atomic E-state index is 6.10. The molecular weight excluding hydrogens is 294 g/mol. The van der Waals surface area contributed by atoms with E-state index in [-0.39, 0.29) is 0 Å². The number of para-hydroxylation sites is 2. The summed E-state index contributed by atoms with van der Waals surface area (Å²) in [6.45, 7) is 11.7. The van der Waals surface area contributed by atoms with Crippen LogP contribution in [0.15, 0.2) is 96.4 Å². The van der Waals surface area contributed by atoms with Crippen LogP contribution in [0.2, 0.25) is 0 Å². The minimum absolute atomic E-state index is 0.646. The Morgan fingerprint density at radius 1 is 1.25 bits per heavy atom. The summed E-state index contributed by atoms with van der Waals surface area (Å²) in [5, 5.41) is 3.29. The molecule has 5 N–H and O–H groups in total. The SMILES string of the molecule is C=C/C=C\C=C(/C)CC(=C)/C=C(Nc1ccccc1N)\C(N)=C/C. The van der Waals surface area contributed by atoms with Crippen molar-refractivity contribution < 1.29 is 0 Å². The molecule has 0 bridgehead atoms. The van der Waals surface area contributed by atoms with Crippen LogP contribution in [0.5, 0.6) is 0 Å². The summed E-state index contributed by atoms with van der Waals surface area (Å²) in [6, 6.07) is 7.59. The van der Waals surface area contributed by atoms with Gasteiger partial charge in [0.25, 0.3) is 0 Å². The topological polar surface area (TPSA) is 64.1 Å². The Morgan fingerprint density at radius 2 is 1.96 bits per heavy atom. The summed E-state index contributed by atoms with van der Waals surface area (Å²) in [5.74, 6) is 0. The summed E-state index contributed by atoms with van der Waals surface area (Å²) in [5.41, 5.74) is 17.2. The number of rotatable bonds is 8. The lowest BCUT2D eigenvalue weighted by atomic mass is 10.1. The van der Waals surface area contributed by atoms with Gasteiger partial charge in [0.1, 0.15) is 0 Å². The fourth-order valence-corrected chi connectivity index (χ4v) is 2.07. The molecule has 0 aliphatic heterocycles. The molecule has 0 amide bonds. The van der Waals surface area contributed by atoms with Crippen LogP contribution in [0.25, 0.3) is 0 Å². The minimum Gasteiger partial charge on any atom is -0.397 e. The first-order chi connectivity index (χ1) is 11.5. The first-order valence-corrected chi connectivity index (χ1v) is 7.86. The number of allylic oxidation sites excluding steroid dienone is 8. The van der Waals surface area contributed by atoms with E-state index in [0.29, 0.717) is 11.4 Å². The summed E-state index contributed by atoms with van der Waals surface area (Å²) >= 11 is 0. The van der Waals surface area contributed by atoms with Gasteiger partial charge in [0.15, 0.2) is 0 Å². The molecule has 0 saturated heterocycles. The lowest BCUT2D eigenvalue weighted by molar-refractivity contribution is 1.14. The monoisotopic (exact) mass is 321 g/mol. The molecule has 0 heterocycles. The first-order valence-electron chi connectivity index (χ1n) is 7.86. The van der Waals surface area contributed by atoms with Gasteiger partial charge in [-0.1, -0.05) is 61.2 Å². The minimum atomic E-state index is 0.646. The molecule has 0 aliphatic rings. The van der Waals surface area contributed by atoms with Gasteiger partial charge in [-0.25, -0.2) is 0 Å². The van der Waals surface area contributed by atoms with E-state index in [1.807, 2.05) is 61.6 Å². The van der Waals surface area contributed by atoms with E-state index in [1.165, 1.54) is 5.57 Å². The van der Waals surface area contributed by atoms with E-state index in [4.69, 9.17) is 11.5 Å². The molecule has 0 unspecified atom stereocenters. The third-order valence-corrected chi connectivity index (χ3v) is 3.33. The Morgan fingerprint density at radius 3 is 2.58 bits per heavy atom. The molecular formula is C21H27N3. The molecule has 0 aliphatic carbocycles. The molecule has 1 aromatic rings. The van der Waals surface area contributed by atoms with E-state index in [2.05, 4.69) is 25.4 Å². The highest BCUT2D eigenvalue weighted by atomic mass is 14.9. The Labute approximate surface area is 145 Å². The van der Waals surface area contributed by atoms with Gasteiger partial charge < -0.3 is 16.8 Å². The predicted octanol–water partition coefficient (Wildman–Crippen LogP) is 5.06. The van der Waals surface area contributed by atoms with Crippen LogP contribution in [0.1, 0.15) is 20.3 Å². The Balaban J connectivity index is 2.95. The van der Waals surface area contributed by atoms with Crippen molar-refractivity contribution in [2.45, 2.75) is 20.3 Å². The molecule has 126 valence electrons. The van der Waals surface area contributed by atoms with E-state index >= 15 is 0 Å². The van der Waals surface area contributed by atoms with Crippen molar-refractivity contribution in [3.8, 4) is 0 Å². The third kappa shape index (κ3) is 6.44. The van der Waals surface area contributed by atoms with Crippen LogP contribution >= 0.6 is 0 Å². The van der Waals surface area contributed by atoms with Gasteiger partial charge in [-0.2, -0.15) is 0 Å². The third-order valence-electron chi connectivity index (χ3n) is 3.33. The summed E-state index contributed by atoms with van der Waals surface area (Å²) in [4.78, 5) is 0. The zero-order chi connectivity index (χ0) is 17.9. The Bertz CT molecular complexity index is 704. The smallest absolute Gasteiger partial charge is 0.0618 e. The summed E-state index contributed by atoms with van der Waals surface area (Å²) < 4.78 is 0. The van der Waals surface area contributed by atoms with Crippen molar-refractivity contribution >= 4 is 11.4 Å². The quantitative estimate of drug-likeness (QED) is 0.463. The van der Waals surface area contributed by atoms with Crippen LogP contribution < -0.4 is 16.8 Å². The fraction of sp³-hybridized carbons (Fsp3) is 0.143. The second kappa shape index (κ2) is 9.95. The van der Waals surface area contributed by atoms with Crippen molar-refractivity contribution in [2.75, 3.05) is 11.1 Å². The average molecular weight is 321 g/mol. The number of hydrogen-bond donors (Lipinski definition) is 3. The van der Waals surface area contributed by atoms with Gasteiger partial charge in [-0.05, 0) is 44.1 Å². The van der Waals surface area contributed by atoms with Gasteiger partial charge in [-0.15, -0.1) is 0 Å². The Kier molecular flexibility index (Phi) is 7.92. The molecule has 0 radical (unpaired) electrons. The van der Waals surface area contributed by atoms with Gasteiger partial charge in [0.05, 0.1) is 22.8 Å². The van der Waals surface area contributed by atoms with Crippen LogP contribution in [-0.2, 0) is 0 Å². The molecule has 0 saturated carbocycles. The molecule has 3 nitrogen and oxygen atoms in total. The largest absolute Gasteiger partial charge is 0.397 e. The number of nitrogens with one attached hydrogen (secondary N) is 1. The van der Waals surface area contributed by atoms with E-state index in [1.54, 1.807) is 6.08 Å². The highest BCUT2D eigenvalue weighted by molar-refractivity contribution is 5.69. The maximum atomic E-state index is 6.10. The molecule has 0 fully saturated rings. The summed E-state index contributed by atoms with van der Waals surface area (Å²) in [7, 11) is 0. The number of nitrogen functional groups attached to an aromatic ring is 1. The molecule has 1 aromatic carbocycles. The number of hydrogen-bond acceptors (Lipinski definition) is 3. The zero-order valence-electron chi connectivity index (χ0n) is 14.5. The average Bonchev–Trinajstić information content (AvgIpc) is 2.55. The van der Waals surface area contributed by atoms with Crippen molar-refractivity contribution in [1.82, 2.24) is 0 Å². The fourth-order valence-electron chi connectivity index (χ4n) is 2.07. The van der Waals surface area contributed by atoms with Crippen molar-refractivity contribution in [1.29, 1.82) is 0 Å². The number of anilines is 2. The predicted molar refractivity (Wildman–Crippen MR) is 107 cm³/mol. The summed E-state index contributed by atoms with van der Waals surface area (Å²) in [6.07, 6.45) is 12.2. The van der Waals surface area contributed by atoms with Crippen LogP contribution in [0, 0.1) is 0 Å². The normalized spacial score (nSPS) is 13.2. The lowest BCUT2D eigenvalue weighted by Crippen LogP contribution is -2.11. The van der Waals surface area contributed by atoms with Gasteiger partial charge in [0.2, 0.25) is 0 Å². The second-order valence-corrected chi connectivity index (χ2v) is 5.48. The zero-order valence-corrected chi connectivity index (χ0v) is 14.5. The number of nitrogens with two attached hydrogens (primary N) is 2. The van der Waals surface area contributed by atoms with Crippen molar-refractivity contribution in [3.05, 3.63) is 96.4 Å². The molecule has 1 rings (SSSR count). The van der Waals surface area contributed by atoms with Crippen molar-refractivity contribution in [3.63, 3.8) is 0 Å². The van der Waals surface area contributed by atoms with Gasteiger partial charge in [0, 0.05) is 0 Å². The Hall–Kier alpha value is -2.94. The highest BCUT2D eigenvalue weighted by Gasteiger charge is 2.05. The van der Waals surface area contributed by atoms with Gasteiger partial charge in [-0.3, -0.25) is 0 Å². The number of benzene rings is 1. The van der Waals surface area contributed by atoms with E-state index in [9.17, 15) is 0 Å². The van der Waals surface area contributed by atoms with Gasteiger partial charge >= 0.3 is 0 Å². The standard InChI is InChI=1S/C21H27N3/c1-5-7-8-11-16(3)14-17(4)15-21(18(22)6-2)24-20-13-10-9-12-19(20)23/h5-13,15,24H,1,4,14,22-23H2,2-3H3/b8-7-,16-11+,18-6+,21-15+. The molecule has 24 heavy (non-hydrogen) atoms. The van der Waals surface area contributed by atoms with Crippen molar-refractivity contribution in [2.24, 2.45) is 5.73 Å². The van der Waals surface area contributed by atoms with Crippen LogP contribution in [0.3, 0.4) is 0 Å². The van der Waals surface area contributed by atoms with Crippen LogP contribution in [0.4, 0.5) is 11.4 Å².